The van der Waals surface area contributed by atoms with Gasteiger partial charge in [0, 0.05) is 12.2 Å². The number of nitrogens with one attached hydrogen (secondary N) is 1. The molecule has 1 N–H and O–H groups in total. The molecule has 3 rings (SSSR count). The first-order valence-electron chi connectivity index (χ1n) is 6.34. The molecule has 19 heavy (non-hydrogen) atoms. The minimum atomic E-state index is -0.181. The molecule has 0 radical (unpaired) electrons. The minimum Gasteiger partial charge on any atom is -0.380 e. The molecule has 0 aliphatic heterocycles. The summed E-state index contributed by atoms with van der Waals surface area (Å²) in [5.41, 5.74) is 2.09. The van der Waals surface area contributed by atoms with E-state index in [0.29, 0.717) is 17.0 Å². The molecule has 0 atom stereocenters. The lowest BCUT2D eigenvalue weighted by atomic mass is 9.76. The number of halogens is 2. The van der Waals surface area contributed by atoms with Gasteiger partial charge in [0.05, 0.1) is 16.9 Å². The van der Waals surface area contributed by atoms with Gasteiger partial charge >= 0.3 is 0 Å². The van der Waals surface area contributed by atoms with E-state index in [9.17, 15) is 4.39 Å². The second-order valence-electron chi connectivity index (χ2n) is 4.92. The molecule has 2 aromatic rings. The van der Waals surface area contributed by atoms with Crippen LogP contribution in [0.2, 0.25) is 5.02 Å². The van der Waals surface area contributed by atoms with Crippen molar-refractivity contribution in [2.75, 3.05) is 5.32 Å². The lowest BCUT2D eigenvalue weighted by Crippen LogP contribution is -2.34. The van der Waals surface area contributed by atoms with Gasteiger partial charge in [-0.1, -0.05) is 23.7 Å². The van der Waals surface area contributed by atoms with Gasteiger partial charge in [-0.3, -0.25) is 4.98 Å². The van der Waals surface area contributed by atoms with Gasteiger partial charge in [0.15, 0.2) is 0 Å². The van der Waals surface area contributed by atoms with Crippen LogP contribution < -0.4 is 5.32 Å². The van der Waals surface area contributed by atoms with Gasteiger partial charge in [0.25, 0.3) is 0 Å². The van der Waals surface area contributed by atoms with Gasteiger partial charge < -0.3 is 5.32 Å². The molecule has 0 amide bonds. The average Bonchev–Trinajstić information content (AvgIpc) is 2.37. The molecule has 0 bridgehead atoms. The molecular formula is C15H14ClFN2. The first kappa shape index (κ1) is 12.4. The van der Waals surface area contributed by atoms with E-state index in [1.54, 1.807) is 18.5 Å². The van der Waals surface area contributed by atoms with Crippen molar-refractivity contribution in [3.63, 3.8) is 0 Å². The summed E-state index contributed by atoms with van der Waals surface area (Å²) in [7, 11) is 0. The van der Waals surface area contributed by atoms with Crippen molar-refractivity contribution in [2.45, 2.75) is 24.8 Å². The topological polar surface area (TPSA) is 24.9 Å². The highest BCUT2D eigenvalue weighted by Crippen LogP contribution is 2.39. The van der Waals surface area contributed by atoms with Crippen molar-refractivity contribution < 1.29 is 4.39 Å². The third kappa shape index (κ3) is 2.71. The molecule has 1 aromatic carbocycles. The van der Waals surface area contributed by atoms with Crippen molar-refractivity contribution in [1.29, 1.82) is 0 Å². The van der Waals surface area contributed by atoms with Crippen molar-refractivity contribution in [1.82, 2.24) is 4.98 Å². The average molecular weight is 277 g/mol. The Kier molecular flexibility index (Phi) is 3.38. The van der Waals surface area contributed by atoms with Crippen LogP contribution in [0.1, 0.15) is 24.3 Å². The van der Waals surface area contributed by atoms with E-state index < -0.39 is 0 Å². The fourth-order valence-corrected chi connectivity index (χ4v) is 2.61. The minimum absolute atomic E-state index is 0.181. The van der Waals surface area contributed by atoms with E-state index >= 15 is 0 Å². The Morgan fingerprint density at radius 1 is 1.16 bits per heavy atom. The lowest BCUT2D eigenvalue weighted by molar-refractivity contribution is 0.374. The van der Waals surface area contributed by atoms with Crippen molar-refractivity contribution >= 4 is 17.3 Å². The van der Waals surface area contributed by atoms with Crippen molar-refractivity contribution in [3.05, 3.63) is 59.1 Å². The third-order valence-corrected chi connectivity index (χ3v) is 3.94. The van der Waals surface area contributed by atoms with Crippen molar-refractivity contribution in [3.8, 4) is 0 Å². The number of hydrogen-bond donors (Lipinski definition) is 1. The van der Waals surface area contributed by atoms with Gasteiger partial charge in [-0.25, -0.2) is 4.39 Å². The van der Waals surface area contributed by atoms with Crippen LogP contribution >= 0.6 is 11.6 Å². The fourth-order valence-electron chi connectivity index (χ4n) is 2.45. The Balaban J connectivity index is 1.58. The Labute approximate surface area is 116 Å². The van der Waals surface area contributed by atoms with Gasteiger partial charge in [-0.05, 0) is 42.5 Å². The highest BCUT2D eigenvalue weighted by atomic mass is 35.5. The summed E-state index contributed by atoms with van der Waals surface area (Å²) in [6.07, 6.45) is 5.50. The molecule has 0 saturated heterocycles. The normalized spacial score (nSPS) is 21.8. The highest BCUT2D eigenvalue weighted by Gasteiger charge is 2.30. The summed E-state index contributed by atoms with van der Waals surface area (Å²) in [4.78, 5) is 4.06. The summed E-state index contributed by atoms with van der Waals surface area (Å²) in [5, 5.41) is 4.08. The third-order valence-electron chi connectivity index (χ3n) is 3.61. The molecule has 0 unspecified atom stereocenters. The van der Waals surface area contributed by atoms with Crippen LogP contribution in [-0.2, 0) is 0 Å². The number of pyridine rings is 1. The number of nitrogens with zero attached hydrogens (tertiary/aromatic N) is 1. The van der Waals surface area contributed by atoms with Crippen LogP contribution in [-0.4, -0.2) is 11.0 Å². The largest absolute Gasteiger partial charge is 0.380 e. The van der Waals surface area contributed by atoms with Crippen LogP contribution in [0.3, 0.4) is 0 Å². The van der Waals surface area contributed by atoms with Crippen LogP contribution in [0.15, 0.2) is 42.7 Å². The Morgan fingerprint density at radius 2 is 1.89 bits per heavy atom. The number of benzene rings is 1. The Hall–Kier alpha value is -1.61. The van der Waals surface area contributed by atoms with E-state index in [-0.39, 0.29) is 5.82 Å². The maximum atomic E-state index is 12.8. The van der Waals surface area contributed by atoms with E-state index in [1.807, 2.05) is 12.1 Å². The number of rotatable bonds is 3. The molecule has 1 aromatic heterocycles. The van der Waals surface area contributed by atoms with Gasteiger partial charge in [-0.2, -0.15) is 0 Å². The molecule has 1 heterocycles. The molecule has 1 aliphatic carbocycles. The molecule has 1 aliphatic rings. The molecule has 98 valence electrons. The summed E-state index contributed by atoms with van der Waals surface area (Å²) >= 11 is 6.08. The predicted molar refractivity (Wildman–Crippen MR) is 75.0 cm³/mol. The SMILES string of the molecule is Fc1ccc(C2CC(Nc3cnccc3Cl)C2)cc1. The predicted octanol–water partition coefficient (Wildman–Crippen LogP) is 4.23. The highest BCUT2D eigenvalue weighted by molar-refractivity contribution is 6.33. The second-order valence-corrected chi connectivity index (χ2v) is 5.32. The number of aromatic nitrogens is 1. The zero-order valence-corrected chi connectivity index (χ0v) is 11.1. The summed E-state index contributed by atoms with van der Waals surface area (Å²) in [5.74, 6) is 0.327. The smallest absolute Gasteiger partial charge is 0.123 e. The van der Waals surface area contributed by atoms with E-state index in [2.05, 4.69) is 10.3 Å². The quantitative estimate of drug-likeness (QED) is 0.907. The van der Waals surface area contributed by atoms with Crippen molar-refractivity contribution in [2.24, 2.45) is 0 Å². The van der Waals surface area contributed by atoms with Gasteiger partial charge in [-0.15, -0.1) is 0 Å². The van der Waals surface area contributed by atoms with Crippen LogP contribution in [0, 0.1) is 5.82 Å². The molecule has 0 spiro atoms. The fraction of sp³-hybridized carbons (Fsp3) is 0.267. The summed E-state index contributed by atoms with van der Waals surface area (Å²) in [6.45, 7) is 0. The van der Waals surface area contributed by atoms with E-state index in [4.69, 9.17) is 11.6 Å². The monoisotopic (exact) mass is 276 g/mol. The zero-order chi connectivity index (χ0) is 13.2. The van der Waals surface area contributed by atoms with Crippen LogP contribution in [0.25, 0.3) is 0 Å². The van der Waals surface area contributed by atoms with Gasteiger partial charge in [0.2, 0.25) is 0 Å². The van der Waals surface area contributed by atoms with E-state index in [0.717, 1.165) is 18.5 Å². The molecule has 1 saturated carbocycles. The first-order valence-corrected chi connectivity index (χ1v) is 6.71. The molecular weight excluding hydrogens is 263 g/mol. The molecule has 2 nitrogen and oxygen atoms in total. The standard InChI is InChI=1S/C15H14ClFN2/c16-14-5-6-18-9-15(14)19-13-7-11(8-13)10-1-3-12(17)4-2-10/h1-6,9,11,13,19H,7-8H2. The maximum Gasteiger partial charge on any atom is 0.123 e. The number of anilines is 1. The Morgan fingerprint density at radius 3 is 2.58 bits per heavy atom. The van der Waals surface area contributed by atoms with Crippen LogP contribution in [0.4, 0.5) is 10.1 Å². The van der Waals surface area contributed by atoms with Gasteiger partial charge in [0.1, 0.15) is 5.82 Å². The first-order chi connectivity index (χ1) is 9.22. The summed E-state index contributed by atoms with van der Waals surface area (Å²) in [6, 6.07) is 8.97. The molecule has 4 heteroatoms. The molecule has 1 fully saturated rings. The second kappa shape index (κ2) is 5.17. The Bertz CT molecular complexity index is 565. The van der Waals surface area contributed by atoms with Crippen LogP contribution in [0.5, 0.6) is 0 Å². The number of hydrogen-bond acceptors (Lipinski definition) is 2. The lowest BCUT2D eigenvalue weighted by Gasteiger charge is -2.37. The van der Waals surface area contributed by atoms with E-state index in [1.165, 1.54) is 17.7 Å². The maximum absolute atomic E-state index is 12.8. The summed E-state index contributed by atoms with van der Waals surface area (Å²) < 4.78 is 12.8. The zero-order valence-electron chi connectivity index (χ0n) is 10.3.